The summed E-state index contributed by atoms with van der Waals surface area (Å²) in [5, 5.41) is 16.3. The molecule has 0 unspecified atom stereocenters. The number of benzene rings is 1. The zero-order chi connectivity index (χ0) is 18.9. The first-order chi connectivity index (χ1) is 11.7. The molecule has 0 saturated carbocycles. The molecule has 0 bridgehead atoms. The van der Waals surface area contributed by atoms with Crippen LogP contribution in [0.3, 0.4) is 0 Å². The van der Waals surface area contributed by atoms with Gasteiger partial charge in [-0.25, -0.2) is 9.59 Å². The van der Waals surface area contributed by atoms with E-state index in [1.807, 2.05) is 24.3 Å². The number of para-hydroxylation sites is 1. The molecule has 1 saturated heterocycles. The molecule has 2 rings (SSSR count). The molecule has 7 nitrogen and oxygen atoms in total. The molecule has 2 N–H and O–H groups in total. The van der Waals surface area contributed by atoms with Gasteiger partial charge < -0.3 is 24.6 Å². The van der Waals surface area contributed by atoms with Gasteiger partial charge in [-0.2, -0.15) is 0 Å². The van der Waals surface area contributed by atoms with Gasteiger partial charge in [0.05, 0.1) is 30.3 Å². The van der Waals surface area contributed by atoms with Crippen LogP contribution >= 0.6 is 11.6 Å². The van der Waals surface area contributed by atoms with Crippen molar-refractivity contribution in [2.45, 2.75) is 0 Å². The quantitative estimate of drug-likeness (QED) is 0.707. The monoisotopic (exact) mass is 371 g/mol. The van der Waals surface area contributed by atoms with Crippen LogP contribution < -0.4 is 4.74 Å². The van der Waals surface area contributed by atoms with Gasteiger partial charge in [0.15, 0.2) is 0 Å². The lowest BCUT2D eigenvalue weighted by molar-refractivity contribution is -0.140. The molecule has 1 aromatic rings. The van der Waals surface area contributed by atoms with Crippen molar-refractivity contribution < 1.29 is 29.3 Å². The van der Waals surface area contributed by atoms with Gasteiger partial charge >= 0.3 is 11.9 Å². The topological polar surface area (TPSA) is 96.3 Å². The molecule has 1 aliphatic rings. The molecule has 0 amide bonds. The van der Waals surface area contributed by atoms with Gasteiger partial charge in [0, 0.05) is 18.7 Å². The minimum absolute atomic E-state index is 0.114. The molecule has 0 aliphatic carbocycles. The highest BCUT2D eigenvalue weighted by molar-refractivity contribution is 6.32. The van der Waals surface area contributed by atoms with Crippen molar-refractivity contribution in [3.63, 3.8) is 0 Å². The molecule has 0 atom stereocenters. The van der Waals surface area contributed by atoms with Crippen molar-refractivity contribution in [3.8, 4) is 5.75 Å². The highest BCUT2D eigenvalue weighted by atomic mass is 35.5. The summed E-state index contributed by atoms with van der Waals surface area (Å²) in [5.41, 5.74) is 0.114. The number of carboxylic acids is 2. The Morgan fingerprint density at radius 3 is 2.20 bits per heavy atom. The Morgan fingerprint density at radius 2 is 1.80 bits per heavy atom. The first kappa shape index (κ1) is 21.0. The summed E-state index contributed by atoms with van der Waals surface area (Å²) in [7, 11) is 4.13. The van der Waals surface area contributed by atoms with Crippen LogP contribution in [-0.4, -0.2) is 67.5 Å². The molecule has 1 heterocycles. The molecule has 1 aliphatic heterocycles. The van der Waals surface area contributed by atoms with Crippen LogP contribution in [0.25, 0.3) is 0 Å². The van der Waals surface area contributed by atoms with E-state index in [9.17, 15) is 9.59 Å². The number of hydrogen-bond acceptors (Lipinski definition) is 5. The van der Waals surface area contributed by atoms with Crippen molar-refractivity contribution >= 4 is 23.5 Å². The van der Waals surface area contributed by atoms with Crippen molar-refractivity contribution in [1.82, 2.24) is 4.90 Å². The minimum atomic E-state index is -1.26. The van der Waals surface area contributed by atoms with Gasteiger partial charge in [-0.1, -0.05) is 23.7 Å². The second-order valence-corrected chi connectivity index (χ2v) is 6.37. The van der Waals surface area contributed by atoms with Crippen molar-refractivity contribution in [2.75, 3.05) is 40.5 Å². The van der Waals surface area contributed by atoms with Crippen molar-refractivity contribution in [1.29, 1.82) is 0 Å². The van der Waals surface area contributed by atoms with Crippen LogP contribution in [0.15, 0.2) is 36.4 Å². The van der Waals surface area contributed by atoms with Gasteiger partial charge in [-0.15, -0.1) is 0 Å². The maximum atomic E-state index is 9.55. The van der Waals surface area contributed by atoms with E-state index in [-0.39, 0.29) is 5.41 Å². The van der Waals surface area contributed by atoms with Crippen LogP contribution in [-0.2, 0) is 14.3 Å². The Morgan fingerprint density at radius 1 is 1.24 bits per heavy atom. The number of halogens is 1. The Labute approximate surface area is 151 Å². The highest BCUT2D eigenvalue weighted by Crippen LogP contribution is 2.31. The first-order valence-electron chi connectivity index (χ1n) is 7.48. The number of carboxylic acid groups (broad SMARTS) is 2. The Hall–Kier alpha value is -2.09. The Bertz CT molecular complexity index is 597. The lowest BCUT2D eigenvalue weighted by Crippen LogP contribution is -2.53. The van der Waals surface area contributed by atoms with Gasteiger partial charge in [-0.3, -0.25) is 0 Å². The Kier molecular flexibility index (Phi) is 8.40. The molecule has 0 aromatic heterocycles. The van der Waals surface area contributed by atoms with E-state index in [1.54, 1.807) is 0 Å². The largest absolute Gasteiger partial charge is 0.491 e. The molecule has 1 fully saturated rings. The van der Waals surface area contributed by atoms with Crippen LogP contribution in [0, 0.1) is 5.41 Å². The van der Waals surface area contributed by atoms with Crippen LogP contribution in [0.5, 0.6) is 5.75 Å². The molecular formula is C17H22ClNO6. The number of hydrogen-bond donors (Lipinski definition) is 2. The van der Waals surface area contributed by atoms with E-state index in [0.717, 1.165) is 25.5 Å². The fraction of sp³-hybridized carbons (Fsp3) is 0.412. The average molecular weight is 372 g/mol. The maximum Gasteiger partial charge on any atom is 0.328 e. The van der Waals surface area contributed by atoms with E-state index in [1.165, 1.54) is 0 Å². The third-order valence-corrected chi connectivity index (χ3v) is 3.52. The number of ether oxygens (including phenoxy) is 2. The summed E-state index contributed by atoms with van der Waals surface area (Å²) < 4.78 is 11.1. The van der Waals surface area contributed by atoms with E-state index < -0.39 is 11.9 Å². The maximum absolute atomic E-state index is 9.55. The lowest BCUT2D eigenvalue weighted by atomic mass is 9.86. The van der Waals surface area contributed by atoms with Crippen molar-refractivity contribution in [3.05, 3.63) is 41.4 Å². The average Bonchev–Trinajstić information content (AvgIpc) is 2.49. The molecule has 1 aromatic carbocycles. The smallest absolute Gasteiger partial charge is 0.328 e. The van der Waals surface area contributed by atoms with Crippen LogP contribution in [0.2, 0.25) is 5.02 Å². The second kappa shape index (κ2) is 10.0. The summed E-state index contributed by atoms with van der Waals surface area (Å²) in [6, 6.07) is 7.56. The molecular weight excluding hydrogens is 350 g/mol. The molecule has 8 heteroatoms. The van der Waals surface area contributed by atoms with Gasteiger partial charge in [0.1, 0.15) is 5.75 Å². The van der Waals surface area contributed by atoms with E-state index in [0.29, 0.717) is 23.8 Å². The van der Waals surface area contributed by atoms with Crippen molar-refractivity contribution in [2.24, 2.45) is 5.41 Å². The third kappa shape index (κ3) is 8.02. The van der Waals surface area contributed by atoms with E-state index in [2.05, 4.69) is 19.0 Å². The van der Waals surface area contributed by atoms with E-state index in [4.69, 9.17) is 31.3 Å². The summed E-state index contributed by atoms with van der Waals surface area (Å²) in [5.74, 6) is -1.76. The summed E-state index contributed by atoms with van der Waals surface area (Å²) in [6.45, 7) is 3.14. The fourth-order valence-corrected chi connectivity index (χ4v) is 2.41. The predicted octanol–water partition coefficient (Wildman–Crippen LogP) is 2.01. The van der Waals surface area contributed by atoms with Gasteiger partial charge in [-0.05, 0) is 26.2 Å². The van der Waals surface area contributed by atoms with Crippen LogP contribution in [0.4, 0.5) is 0 Å². The lowest BCUT2D eigenvalue weighted by Gasteiger charge is -2.42. The zero-order valence-electron chi connectivity index (χ0n) is 14.1. The predicted molar refractivity (Wildman–Crippen MR) is 93.2 cm³/mol. The number of aliphatic carboxylic acids is 2. The summed E-state index contributed by atoms with van der Waals surface area (Å²) in [6.07, 6.45) is 1.12. The highest BCUT2D eigenvalue weighted by Gasteiger charge is 2.40. The molecule has 25 heavy (non-hydrogen) atoms. The summed E-state index contributed by atoms with van der Waals surface area (Å²) in [4.78, 5) is 21.3. The standard InChI is InChI=1S/C13H18ClNO2.C4H4O4/c1-15(2)7-13(8-16-9-13)10-17-12-6-4-3-5-11(12)14;5-3(6)1-2-4(7)8/h3-6H,7-10H2,1-2H3;1-2H,(H,5,6)(H,7,8)/b;2-1-. The second-order valence-electron chi connectivity index (χ2n) is 5.96. The van der Waals surface area contributed by atoms with Crippen LogP contribution in [0.1, 0.15) is 0 Å². The molecule has 0 radical (unpaired) electrons. The van der Waals surface area contributed by atoms with Gasteiger partial charge in [0.2, 0.25) is 0 Å². The third-order valence-electron chi connectivity index (χ3n) is 3.21. The zero-order valence-corrected chi connectivity index (χ0v) is 14.9. The first-order valence-corrected chi connectivity index (χ1v) is 7.86. The molecule has 0 spiro atoms. The number of nitrogens with zero attached hydrogens (tertiary/aromatic N) is 1. The minimum Gasteiger partial charge on any atom is -0.491 e. The fourth-order valence-electron chi connectivity index (χ4n) is 2.22. The number of rotatable bonds is 7. The Balaban J connectivity index is 0.000000333. The molecule has 138 valence electrons. The number of carbonyl (C=O) groups is 2. The summed E-state index contributed by atoms with van der Waals surface area (Å²) >= 11 is 6.05. The SMILES string of the molecule is CN(C)CC1(COc2ccccc2Cl)COC1.O=C(O)/C=C\C(=O)O. The normalized spacial score (nSPS) is 15.2. The van der Waals surface area contributed by atoms with E-state index >= 15 is 0 Å². The van der Waals surface area contributed by atoms with Gasteiger partial charge in [0.25, 0.3) is 0 Å².